The van der Waals surface area contributed by atoms with Gasteiger partial charge in [-0.25, -0.2) is 0 Å². The minimum absolute atomic E-state index is 0.566. The summed E-state index contributed by atoms with van der Waals surface area (Å²) in [7, 11) is 0. The van der Waals surface area contributed by atoms with Gasteiger partial charge in [-0.1, -0.05) is 13.8 Å². The maximum Gasteiger partial charge on any atom is 0.142 e. The predicted molar refractivity (Wildman–Crippen MR) is 72.8 cm³/mol. The Morgan fingerprint density at radius 1 is 1.33 bits per heavy atom. The standard InChI is InChI=1S/C14H24N2O2/c1-4-17-7-8-18-14-11-15-6-5-13(14)10-16-9-12(2)3/h5-6,11-12,16H,4,7-10H2,1-3H3. The van der Waals surface area contributed by atoms with Crippen LogP contribution in [0.25, 0.3) is 0 Å². The SMILES string of the molecule is CCOCCOc1cnccc1CNCC(C)C. The maximum absolute atomic E-state index is 5.67. The highest BCUT2D eigenvalue weighted by atomic mass is 16.5. The molecule has 0 aliphatic rings. The van der Waals surface area contributed by atoms with Crippen LogP contribution in [-0.2, 0) is 11.3 Å². The highest BCUT2D eigenvalue weighted by Crippen LogP contribution is 2.16. The highest BCUT2D eigenvalue weighted by Gasteiger charge is 2.03. The Hall–Kier alpha value is -1.13. The highest BCUT2D eigenvalue weighted by molar-refractivity contribution is 5.29. The summed E-state index contributed by atoms with van der Waals surface area (Å²) >= 11 is 0. The summed E-state index contributed by atoms with van der Waals surface area (Å²) in [5.41, 5.74) is 1.14. The van der Waals surface area contributed by atoms with Crippen LogP contribution in [0, 0.1) is 5.92 Å². The van der Waals surface area contributed by atoms with Crippen molar-refractivity contribution in [2.24, 2.45) is 5.92 Å². The van der Waals surface area contributed by atoms with Crippen LogP contribution < -0.4 is 10.1 Å². The molecule has 1 aromatic rings. The summed E-state index contributed by atoms with van der Waals surface area (Å²) in [6.07, 6.45) is 3.56. The third-order valence-electron chi connectivity index (χ3n) is 2.43. The van der Waals surface area contributed by atoms with E-state index in [1.54, 1.807) is 12.4 Å². The predicted octanol–water partition coefficient (Wildman–Crippen LogP) is 2.24. The summed E-state index contributed by atoms with van der Waals surface area (Å²) in [5, 5.41) is 3.40. The van der Waals surface area contributed by atoms with Gasteiger partial charge >= 0.3 is 0 Å². The Bertz CT molecular complexity index is 329. The summed E-state index contributed by atoms with van der Waals surface area (Å²) in [6, 6.07) is 1.99. The van der Waals surface area contributed by atoms with Crippen LogP contribution in [-0.4, -0.2) is 31.3 Å². The van der Waals surface area contributed by atoms with Gasteiger partial charge in [0.15, 0.2) is 0 Å². The van der Waals surface area contributed by atoms with Gasteiger partial charge in [0.1, 0.15) is 12.4 Å². The largest absolute Gasteiger partial charge is 0.489 e. The average molecular weight is 252 g/mol. The number of rotatable bonds is 9. The van der Waals surface area contributed by atoms with Crippen LogP contribution >= 0.6 is 0 Å². The maximum atomic E-state index is 5.67. The Balaban J connectivity index is 2.40. The lowest BCUT2D eigenvalue weighted by molar-refractivity contribution is 0.109. The van der Waals surface area contributed by atoms with E-state index >= 15 is 0 Å². The van der Waals surface area contributed by atoms with Gasteiger partial charge in [0.05, 0.1) is 12.8 Å². The second-order valence-corrected chi connectivity index (χ2v) is 4.55. The quantitative estimate of drug-likeness (QED) is 0.685. The van der Waals surface area contributed by atoms with Crippen molar-refractivity contribution >= 4 is 0 Å². The van der Waals surface area contributed by atoms with E-state index in [0.29, 0.717) is 19.1 Å². The fraction of sp³-hybridized carbons (Fsp3) is 0.643. The second kappa shape index (κ2) is 8.89. The summed E-state index contributed by atoms with van der Waals surface area (Å²) in [6.45, 7) is 10.1. The number of nitrogens with one attached hydrogen (secondary N) is 1. The van der Waals surface area contributed by atoms with Crippen LogP contribution in [0.4, 0.5) is 0 Å². The zero-order valence-electron chi connectivity index (χ0n) is 11.6. The normalized spacial score (nSPS) is 10.9. The molecule has 0 aliphatic carbocycles. The van der Waals surface area contributed by atoms with Gasteiger partial charge in [-0.15, -0.1) is 0 Å². The van der Waals surface area contributed by atoms with Crippen LogP contribution in [0.3, 0.4) is 0 Å². The molecule has 102 valence electrons. The zero-order valence-corrected chi connectivity index (χ0v) is 11.6. The number of aromatic nitrogens is 1. The minimum atomic E-state index is 0.566. The molecule has 0 fully saturated rings. The first kappa shape index (κ1) is 14.9. The Labute approximate surface area is 110 Å². The lowest BCUT2D eigenvalue weighted by atomic mass is 10.2. The molecule has 0 amide bonds. The monoisotopic (exact) mass is 252 g/mol. The van der Waals surface area contributed by atoms with E-state index in [2.05, 4.69) is 24.1 Å². The molecule has 1 rings (SSSR count). The van der Waals surface area contributed by atoms with Crippen LogP contribution in [0.2, 0.25) is 0 Å². The van der Waals surface area contributed by atoms with Gasteiger partial charge in [-0.3, -0.25) is 4.98 Å². The zero-order chi connectivity index (χ0) is 13.2. The van der Waals surface area contributed by atoms with Crippen molar-refractivity contribution in [2.75, 3.05) is 26.4 Å². The van der Waals surface area contributed by atoms with Gasteiger partial charge in [0.2, 0.25) is 0 Å². The smallest absolute Gasteiger partial charge is 0.142 e. The van der Waals surface area contributed by atoms with Gasteiger partial charge in [0, 0.05) is 24.9 Å². The molecular weight excluding hydrogens is 228 g/mol. The van der Waals surface area contributed by atoms with E-state index in [9.17, 15) is 0 Å². The summed E-state index contributed by atoms with van der Waals surface area (Å²) in [4.78, 5) is 4.09. The van der Waals surface area contributed by atoms with E-state index in [-0.39, 0.29) is 0 Å². The number of ether oxygens (including phenoxy) is 2. The van der Waals surface area contributed by atoms with Gasteiger partial charge in [-0.05, 0) is 25.5 Å². The van der Waals surface area contributed by atoms with Crippen molar-refractivity contribution in [3.63, 3.8) is 0 Å². The lowest BCUT2D eigenvalue weighted by Crippen LogP contribution is -2.19. The molecular formula is C14H24N2O2. The molecule has 0 saturated carbocycles. The van der Waals surface area contributed by atoms with Crippen molar-refractivity contribution in [1.82, 2.24) is 10.3 Å². The molecule has 0 atom stereocenters. The van der Waals surface area contributed by atoms with E-state index in [0.717, 1.165) is 31.0 Å². The van der Waals surface area contributed by atoms with E-state index in [1.807, 2.05) is 13.0 Å². The molecule has 4 nitrogen and oxygen atoms in total. The fourth-order valence-electron chi connectivity index (χ4n) is 1.54. The first-order valence-electron chi connectivity index (χ1n) is 6.58. The first-order chi connectivity index (χ1) is 8.74. The molecule has 0 aliphatic heterocycles. The molecule has 0 bridgehead atoms. The molecule has 1 aromatic heterocycles. The topological polar surface area (TPSA) is 43.4 Å². The molecule has 18 heavy (non-hydrogen) atoms. The van der Waals surface area contributed by atoms with Crippen LogP contribution in [0.15, 0.2) is 18.5 Å². The molecule has 0 aromatic carbocycles. The second-order valence-electron chi connectivity index (χ2n) is 4.55. The molecule has 1 N–H and O–H groups in total. The first-order valence-corrected chi connectivity index (χ1v) is 6.58. The van der Waals surface area contributed by atoms with Crippen LogP contribution in [0.5, 0.6) is 5.75 Å². The summed E-state index contributed by atoms with van der Waals surface area (Å²) in [5.74, 6) is 1.49. The molecule has 0 saturated heterocycles. The molecule has 4 heteroatoms. The van der Waals surface area contributed by atoms with Gasteiger partial charge in [0.25, 0.3) is 0 Å². The molecule has 1 heterocycles. The summed E-state index contributed by atoms with van der Waals surface area (Å²) < 4.78 is 10.9. The van der Waals surface area contributed by atoms with E-state index in [4.69, 9.17) is 9.47 Å². The number of nitrogens with zero attached hydrogens (tertiary/aromatic N) is 1. The molecule has 0 unspecified atom stereocenters. The van der Waals surface area contributed by atoms with Crippen molar-refractivity contribution in [3.05, 3.63) is 24.0 Å². The van der Waals surface area contributed by atoms with E-state index in [1.165, 1.54) is 0 Å². The minimum Gasteiger partial charge on any atom is -0.489 e. The van der Waals surface area contributed by atoms with Crippen molar-refractivity contribution in [3.8, 4) is 5.75 Å². The van der Waals surface area contributed by atoms with Crippen LogP contribution in [0.1, 0.15) is 26.3 Å². The third kappa shape index (κ3) is 5.98. The van der Waals surface area contributed by atoms with Gasteiger partial charge in [-0.2, -0.15) is 0 Å². The number of hydrogen-bond donors (Lipinski definition) is 1. The molecule has 0 spiro atoms. The van der Waals surface area contributed by atoms with Gasteiger partial charge < -0.3 is 14.8 Å². The Morgan fingerprint density at radius 2 is 2.17 bits per heavy atom. The average Bonchev–Trinajstić information content (AvgIpc) is 2.36. The lowest BCUT2D eigenvalue weighted by Gasteiger charge is -2.12. The number of hydrogen-bond acceptors (Lipinski definition) is 4. The van der Waals surface area contributed by atoms with Crippen molar-refractivity contribution < 1.29 is 9.47 Å². The fourth-order valence-corrected chi connectivity index (χ4v) is 1.54. The molecule has 0 radical (unpaired) electrons. The van der Waals surface area contributed by atoms with Crippen molar-refractivity contribution in [2.45, 2.75) is 27.3 Å². The third-order valence-corrected chi connectivity index (χ3v) is 2.43. The van der Waals surface area contributed by atoms with E-state index < -0.39 is 0 Å². The number of pyridine rings is 1. The Morgan fingerprint density at radius 3 is 2.89 bits per heavy atom. The Kier molecular flexibility index (Phi) is 7.37. The van der Waals surface area contributed by atoms with Crippen molar-refractivity contribution in [1.29, 1.82) is 0 Å².